The van der Waals surface area contributed by atoms with Crippen molar-refractivity contribution in [2.75, 3.05) is 13.2 Å². The summed E-state index contributed by atoms with van der Waals surface area (Å²) in [5.74, 6) is -0.454. The van der Waals surface area contributed by atoms with Gasteiger partial charge in [0.25, 0.3) is 0 Å². The van der Waals surface area contributed by atoms with Crippen molar-refractivity contribution < 1.29 is 14.3 Å². The smallest absolute Gasteiger partial charge is 0.359 e. The zero-order valence-corrected chi connectivity index (χ0v) is 12.6. The molecule has 3 rings (SSSR count). The molecule has 21 heavy (non-hydrogen) atoms. The molecule has 0 saturated carbocycles. The zero-order chi connectivity index (χ0) is 14.8. The third kappa shape index (κ3) is 2.63. The number of fused-ring (bicyclic) bond motifs is 1. The highest BCUT2D eigenvalue weighted by molar-refractivity contribution is 6.36. The number of carbonyl (C=O) groups is 1. The van der Waals surface area contributed by atoms with Gasteiger partial charge in [-0.1, -0.05) is 17.7 Å². The number of ether oxygens (including phenoxy) is 2. The molecule has 1 aliphatic rings. The van der Waals surface area contributed by atoms with E-state index in [9.17, 15) is 4.79 Å². The van der Waals surface area contributed by atoms with Gasteiger partial charge in [-0.3, -0.25) is 0 Å². The number of rotatable bonds is 3. The molecule has 1 aliphatic heterocycles. The third-order valence-corrected chi connectivity index (χ3v) is 3.90. The molecule has 1 saturated heterocycles. The van der Waals surface area contributed by atoms with Crippen molar-refractivity contribution in [3.05, 3.63) is 28.9 Å². The Balaban J connectivity index is 2.12. The molecule has 0 amide bonds. The molecule has 5 nitrogen and oxygen atoms in total. The lowest BCUT2D eigenvalue weighted by atomic mass is 10.1. The van der Waals surface area contributed by atoms with Crippen LogP contribution in [0.3, 0.4) is 0 Å². The van der Waals surface area contributed by atoms with Crippen LogP contribution >= 0.6 is 11.6 Å². The molecule has 0 spiro atoms. The summed E-state index contributed by atoms with van der Waals surface area (Å²) in [5, 5.41) is 5.55. The van der Waals surface area contributed by atoms with Gasteiger partial charge in [-0.15, -0.1) is 0 Å². The summed E-state index contributed by atoms with van der Waals surface area (Å²) in [6.07, 6.45) is 2.87. The highest BCUT2D eigenvalue weighted by atomic mass is 35.5. The van der Waals surface area contributed by atoms with Crippen molar-refractivity contribution in [1.82, 2.24) is 9.78 Å². The van der Waals surface area contributed by atoms with Crippen molar-refractivity contribution >= 4 is 28.5 Å². The maximum absolute atomic E-state index is 12.1. The van der Waals surface area contributed by atoms with Crippen molar-refractivity contribution in [2.24, 2.45) is 0 Å². The zero-order valence-electron chi connectivity index (χ0n) is 11.8. The van der Waals surface area contributed by atoms with E-state index < -0.39 is 5.97 Å². The Morgan fingerprint density at radius 2 is 2.38 bits per heavy atom. The molecule has 2 heterocycles. The van der Waals surface area contributed by atoms with Gasteiger partial charge in [0.1, 0.15) is 0 Å². The Bertz CT molecular complexity index is 662. The number of hydrogen-bond donors (Lipinski definition) is 0. The third-order valence-electron chi connectivity index (χ3n) is 3.58. The molecule has 1 atom stereocenters. The van der Waals surface area contributed by atoms with Crippen molar-refractivity contribution in [3.8, 4) is 0 Å². The van der Waals surface area contributed by atoms with E-state index >= 15 is 0 Å². The van der Waals surface area contributed by atoms with Gasteiger partial charge in [0.15, 0.2) is 11.9 Å². The summed E-state index contributed by atoms with van der Waals surface area (Å²) in [4.78, 5) is 12.1. The molecule has 2 aromatic rings. The lowest BCUT2D eigenvalue weighted by molar-refractivity contribution is -0.0369. The quantitative estimate of drug-likeness (QED) is 0.813. The van der Waals surface area contributed by atoms with Crippen molar-refractivity contribution in [2.45, 2.75) is 32.4 Å². The molecular formula is C15H17ClN2O3. The number of halogens is 1. The van der Waals surface area contributed by atoms with Crippen molar-refractivity contribution in [3.63, 3.8) is 0 Å². The average molecular weight is 309 g/mol. The Kier molecular flexibility index (Phi) is 4.12. The fourth-order valence-electron chi connectivity index (χ4n) is 2.63. The van der Waals surface area contributed by atoms with Gasteiger partial charge in [-0.2, -0.15) is 5.10 Å². The second kappa shape index (κ2) is 6.03. The Morgan fingerprint density at radius 1 is 1.52 bits per heavy atom. The minimum atomic E-state index is -0.454. The lowest BCUT2D eigenvalue weighted by Crippen LogP contribution is -2.19. The van der Waals surface area contributed by atoms with Crippen molar-refractivity contribution in [1.29, 1.82) is 0 Å². The van der Waals surface area contributed by atoms with Gasteiger partial charge in [0.2, 0.25) is 0 Å². The minimum absolute atomic E-state index is 0.150. The molecule has 1 unspecified atom stereocenters. The van der Waals surface area contributed by atoms with Gasteiger partial charge in [-0.25, -0.2) is 9.48 Å². The van der Waals surface area contributed by atoms with E-state index in [2.05, 4.69) is 5.10 Å². The van der Waals surface area contributed by atoms with E-state index in [1.54, 1.807) is 17.7 Å². The van der Waals surface area contributed by atoms with E-state index in [1.165, 1.54) is 0 Å². The maximum atomic E-state index is 12.1. The summed E-state index contributed by atoms with van der Waals surface area (Å²) in [5.41, 5.74) is 1.06. The molecule has 6 heteroatoms. The summed E-state index contributed by atoms with van der Waals surface area (Å²) >= 11 is 6.26. The first-order valence-corrected chi connectivity index (χ1v) is 7.55. The van der Waals surface area contributed by atoms with Crippen LogP contribution in [0.4, 0.5) is 0 Å². The Labute approximate surface area is 127 Å². The molecule has 1 fully saturated rings. The van der Waals surface area contributed by atoms with Gasteiger partial charge >= 0.3 is 5.97 Å². The van der Waals surface area contributed by atoms with Gasteiger partial charge in [0, 0.05) is 6.61 Å². The SMILES string of the molecule is CCOC(=O)c1nn(C2CCCCO2)c2cccc(Cl)c12. The van der Waals surface area contributed by atoms with E-state index in [0.29, 0.717) is 23.6 Å². The van der Waals surface area contributed by atoms with E-state index in [1.807, 2.05) is 12.1 Å². The second-order valence-corrected chi connectivity index (χ2v) is 5.38. The summed E-state index contributed by atoms with van der Waals surface area (Å²) < 4.78 is 12.6. The van der Waals surface area contributed by atoms with Gasteiger partial charge in [0.05, 0.1) is 22.5 Å². The number of benzene rings is 1. The predicted octanol–water partition coefficient (Wildman–Crippen LogP) is 3.57. The van der Waals surface area contributed by atoms with Crippen LogP contribution in [0, 0.1) is 0 Å². The Morgan fingerprint density at radius 3 is 3.10 bits per heavy atom. The predicted molar refractivity (Wildman–Crippen MR) is 79.5 cm³/mol. The molecule has 0 radical (unpaired) electrons. The van der Waals surface area contributed by atoms with Crippen LogP contribution in [-0.2, 0) is 9.47 Å². The normalized spacial score (nSPS) is 18.9. The van der Waals surface area contributed by atoms with E-state index in [0.717, 1.165) is 24.8 Å². The first-order valence-electron chi connectivity index (χ1n) is 7.18. The molecule has 0 aliphatic carbocycles. The van der Waals surface area contributed by atoms with Crippen LogP contribution in [0.25, 0.3) is 10.9 Å². The Hall–Kier alpha value is -1.59. The number of nitrogens with zero attached hydrogens (tertiary/aromatic N) is 2. The molecule has 0 bridgehead atoms. The summed E-state index contributed by atoms with van der Waals surface area (Å²) in [6.45, 7) is 2.78. The fraction of sp³-hybridized carbons (Fsp3) is 0.467. The first kappa shape index (κ1) is 14.4. The fourth-order valence-corrected chi connectivity index (χ4v) is 2.89. The highest BCUT2D eigenvalue weighted by Gasteiger charge is 2.25. The molecular weight excluding hydrogens is 292 g/mol. The highest BCUT2D eigenvalue weighted by Crippen LogP contribution is 2.32. The number of aromatic nitrogens is 2. The number of hydrogen-bond acceptors (Lipinski definition) is 4. The van der Waals surface area contributed by atoms with E-state index in [4.69, 9.17) is 21.1 Å². The molecule has 0 N–H and O–H groups in total. The monoisotopic (exact) mass is 308 g/mol. The van der Waals surface area contributed by atoms with Crippen LogP contribution in [-0.4, -0.2) is 29.0 Å². The standard InChI is InChI=1S/C15H17ClN2O3/c1-2-20-15(19)14-13-10(16)6-5-7-11(13)18(17-14)12-8-3-4-9-21-12/h5-7,12H,2-4,8-9H2,1H3. The number of carbonyl (C=O) groups excluding carboxylic acids is 1. The maximum Gasteiger partial charge on any atom is 0.359 e. The second-order valence-electron chi connectivity index (χ2n) is 4.97. The average Bonchev–Trinajstić information content (AvgIpc) is 2.89. The van der Waals surface area contributed by atoms with Crippen LogP contribution in [0.15, 0.2) is 18.2 Å². The van der Waals surface area contributed by atoms with Gasteiger partial charge in [-0.05, 0) is 38.3 Å². The van der Waals surface area contributed by atoms with Crippen LogP contribution < -0.4 is 0 Å². The minimum Gasteiger partial charge on any atom is -0.461 e. The van der Waals surface area contributed by atoms with Crippen LogP contribution in [0.1, 0.15) is 42.9 Å². The van der Waals surface area contributed by atoms with Gasteiger partial charge < -0.3 is 9.47 Å². The first-order chi connectivity index (χ1) is 10.2. The summed E-state index contributed by atoms with van der Waals surface area (Å²) in [6, 6.07) is 5.50. The topological polar surface area (TPSA) is 53.3 Å². The largest absolute Gasteiger partial charge is 0.461 e. The number of esters is 1. The van der Waals surface area contributed by atoms with E-state index in [-0.39, 0.29) is 11.9 Å². The molecule has 1 aromatic heterocycles. The van der Waals surface area contributed by atoms with Crippen LogP contribution in [0.5, 0.6) is 0 Å². The lowest BCUT2D eigenvalue weighted by Gasteiger charge is -2.23. The van der Waals surface area contributed by atoms with Crippen LogP contribution in [0.2, 0.25) is 5.02 Å². The molecule has 112 valence electrons. The summed E-state index contributed by atoms with van der Waals surface area (Å²) in [7, 11) is 0. The molecule has 1 aromatic carbocycles.